The van der Waals surface area contributed by atoms with E-state index < -0.39 is 26.7 Å². The third-order valence-corrected chi connectivity index (χ3v) is 6.76. The molecular weight excluding hydrogens is 441 g/mol. The van der Waals surface area contributed by atoms with Crippen LogP contribution in [0.3, 0.4) is 0 Å². The van der Waals surface area contributed by atoms with Gasteiger partial charge in [0.1, 0.15) is 17.3 Å². The maximum Gasteiger partial charge on any atom is 0.338 e. The van der Waals surface area contributed by atoms with E-state index in [4.69, 9.17) is 9.47 Å². The fourth-order valence-corrected chi connectivity index (χ4v) is 4.49. The fraction of sp³-hybridized carbons (Fsp3) is 0.278. The topological polar surface area (TPSA) is 72.9 Å². The van der Waals surface area contributed by atoms with Gasteiger partial charge >= 0.3 is 5.97 Å². The summed E-state index contributed by atoms with van der Waals surface area (Å²) in [5, 5.41) is 0. The lowest BCUT2D eigenvalue weighted by atomic mass is 10.2. The highest BCUT2D eigenvalue weighted by Gasteiger charge is 2.30. The van der Waals surface area contributed by atoms with Crippen molar-refractivity contribution in [1.29, 1.82) is 0 Å². The van der Waals surface area contributed by atoms with Crippen LogP contribution in [-0.2, 0) is 26.1 Å². The summed E-state index contributed by atoms with van der Waals surface area (Å²) >= 11 is 3.36. The van der Waals surface area contributed by atoms with Crippen LogP contribution in [-0.4, -0.2) is 45.0 Å². The average molecular weight is 458 g/mol. The van der Waals surface area contributed by atoms with E-state index in [9.17, 15) is 17.6 Å². The molecule has 6 nitrogen and oxygen atoms in total. The average Bonchev–Trinajstić information content (AvgIpc) is 2.68. The highest BCUT2D eigenvalue weighted by atomic mass is 79.9. The molecule has 1 aliphatic rings. The zero-order valence-electron chi connectivity index (χ0n) is 14.2. The molecule has 1 heterocycles. The number of hydrogen-bond donors (Lipinski definition) is 0. The van der Waals surface area contributed by atoms with E-state index in [1.807, 2.05) is 12.1 Å². The fourth-order valence-electron chi connectivity index (χ4n) is 2.60. The number of esters is 1. The SMILES string of the molecule is O=C(OCc1ccccc1Br)c1ccc(F)c(S(=O)(=O)N2CCOCC2)c1. The largest absolute Gasteiger partial charge is 0.457 e. The Morgan fingerprint density at radius 2 is 1.89 bits per heavy atom. The Morgan fingerprint density at radius 3 is 2.59 bits per heavy atom. The van der Waals surface area contributed by atoms with Gasteiger partial charge in [0.2, 0.25) is 10.0 Å². The van der Waals surface area contributed by atoms with Crippen LogP contribution in [0.15, 0.2) is 51.8 Å². The van der Waals surface area contributed by atoms with Crippen molar-refractivity contribution in [3.8, 4) is 0 Å². The van der Waals surface area contributed by atoms with Crippen molar-refractivity contribution in [2.24, 2.45) is 0 Å². The molecule has 0 bridgehead atoms. The first-order chi connectivity index (χ1) is 12.9. The number of rotatable bonds is 5. The second-order valence-corrected chi connectivity index (χ2v) is 8.59. The monoisotopic (exact) mass is 457 g/mol. The smallest absolute Gasteiger partial charge is 0.338 e. The predicted octanol–water partition coefficient (Wildman–Crippen LogP) is 2.97. The first-order valence-corrected chi connectivity index (χ1v) is 10.4. The molecule has 3 rings (SSSR count). The third-order valence-electron chi connectivity index (χ3n) is 4.07. The predicted molar refractivity (Wildman–Crippen MR) is 99.2 cm³/mol. The summed E-state index contributed by atoms with van der Waals surface area (Å²) in [5.41, 5.74) is 0.726. The van der Waals surface area contributed by atoms with Crippen molar-refractivity contribution in [2.45, 2.75) is 11.5 Å². The quantitative estimate of drug-likeness (QED) is 0.645. The van der Waals surface area contributed by atoms with Gasteiger partial charge in [0.25, 0.3) is 0 Å². The number of carbonyl (C=O) groups excluding carboxylic acids is 1. The highest BCUT2D eigenvalue weighted by molar-refractivity contribution is 9.10. The molecule has 0 amide bonds. The van der Waals surface area contributed by atoms with Gasteiger partial charge in [-0.15, -0.1) is 0 Å². The minimum atomic E-state index is -4.06. The summed E-state index contributed by atoms with van der Waals surface area (Å²) in [4.78, 5) is 11.8. The van der Waals surface area contributed by atoms with Crippen LogP contribution in [0.1, 0.15) is 15.9 Å². The summed E-state index contributed by atoms with van der Waals surface area (Å²) in [6, 6.07) is 10.4. The van der Waals surface area contributed by atoms with E-state index in [1.165, 1.54) is 6.07 Å². The number of sulfonamides is 1. The number of carbonyl (C=O) groups is 1. The molecule has 2 aromatic carbocycles. The van der Waals surface area contributed by atoms with Gasteiger partial charge in [0.15, 0.2) is 0 Å². The minimum Gasteiger partial charge on any atom is -0.457 e. The standard InChI is InChI=1S/C18H17BrFNO5S/c19-15-4-2-1-3-14(15)12-26-18(22)13-5-6-16(20)17(11-13)27(23,24)21-7-9-25-10-8-21/h1-6,11H,7-10,12H2. The molecule has 0 aromatic heterocycles. The molecule has 0 aliphatic carbocycles. The van der Waals surface area contributed by atoms with E-state index in [0.29, 0.717) is 0 Å². The van der Waals surface area contributed by atoms with Crippen LogP contribution >= 0.6 is 15.9 Å². The maximum absolute atomic E-state index is 14.2. The molecular formula is C18H17BrFNO5S. The van der Waals surface area contributed by atoms with E-state index >= 15 is 0 Å². The first-order valence-electron chi connectivity index (χ1n) is 8.17. The van der Waals surface area contributed by atoms with Gasteiger partial charge in [-0.3, -0.25) is 0 Å². The number of halogens is 2. The van der Waals surface area contributed by atoms with Gasteiger partial charge < -0.3 is 9.47 Å². The molecule has 9 heteroatoms. The second kappa shape index (κ2) is 8.47. The molecule has 1 fully saturated rings. The van der Waals surface area contributed by atoms with Gasteiger partial charge in [-0.05, 0) is 24.3 Å². The summed E-state index contributed by atoms with van der Waals surface area (Å²) in [6.45, 7) is 0.767. The van der Waals surface area contributed by atoms with Gasteiger partial charge in [0, 0.05) is 23.1 Å². The van der Waals surface area contributed by atoms with Crippen LogP contribution in [0.4, 0.5) is 4.39 Å². The lowest BCUT2D eigenvalue weighted by molar-refractivity contribution is 0.0471. The zero-order chi connectivity index (χ0) is 19.4. The number of hydrogen-bond acceptors (Lipinski definition) is 5. The van der Waals surface area contributed by atoms with Crippen molar-refractivity contribution in [3.63, 3.8) is 0 Å². The number of nitrogens with zero attached hydrogens (tertiary/aromatic N) is 1. The maximum atomic E-state index is 14.2. The number of morpholine rings is 1. The molecule has 0 unspecified atom stereocenters. The summed E-state index contributed by atoms with van der Waals surface area (Å²) in [6.07, 6.45) is 0. The van der Waals surface area contributed by atoms with Crippen LogP contribution in [0, 0.1) is 5.82 Å². The molecule has 0 saturated carbocycles. The van der Waals surface area contributed by atoms with Crippen molar-refractivity contribution in [1.82, 2.24) is 4.31 Å². The second-order valence-electron chi connectivity index (χ2n) is 5.83. The zero-order valence-corrected chi connectivity index (χ0v) is 16.6. The Bertz CT molecular complexity index is 945. The van der Waals surface area contributed by atoms with Gasteiger partial charge in [-0.25, -0.2) is 17.6 Å². The third kappa shape index (κ3) is 4.55. The number of benzene rings is 2. The number of ether oxygens (including phenoxy) is 2. The summed E-state index contributed by atoms with van der Waals surface area (Å²) in [7, 11) is -4.06. The molecule has 1 aliphatic heterocycles. The molecule has 2 aromatic rings. The van der Waals surface area contributed by atoms with Crippen molar-refractivity contribution >= 4 is 31.9 Å². The molecule has 0 spiro atoms. The Hall–Kier alpha value is -1.81. The van der Waals surface area contributed by atoms with Crippen molar-refractivity contribution < 1.29 is 27.1 Å². The van der Waals surface area contributed by atoms with E-state index in [-0.39, 0.29) is 38.5 Å². The minimum absolute atomic E-state index is 0.00316. The first kappa shape index (κ1) is 19.9. The molecule has 27 heavy (non-hydrogen) atoms. The Kier molecular flexibility index (Phi) is 6.25. The van der Waals surface area contributed by atoms with Crippen LogP contribution < -0.4 is 0 Å². The molecule has 144 valence electrons. The van der Waals surface area contributed by atoms with Crippen LogP contribution in [0.5, 0.6) is 0 Å². The lowest BCUT2D eigenvalue weighted by Crippen LogP contribution is -2.41. The molecule has 0 N–H and O–H groups in total. The van der Waals surface area contributed by atoms with Gasteiger partial charge in [-0.2, -0.15) is 4.31 Å². The van der Waals surface area contributed by atoms with Gasteiger partial charge in [0.05, 0.1) is 18.8 Å². The molecule has 1 saturated heterocycles. The van der Waals surface area contributed by atoms with E-state index in [1.54, 1.807) is 12.1 Å². The van der Waals surface area contributed by atoms with E-state index in [2.05, 4.69) is 15.9 Å². The Morgan fingerprint density at radius 1 is 1.19 bits per heavy atom. The summed E-state index contributed by atoms with van der Waals surface area (Å²) in [5.74, 6) is -1.65. The van der Waals surface area contributed by atoms with Crippen molar-refractivity contribution in [3.05, 3.63) is 63.9 Å². The highest BCUT2D eigenvalue weighted by Crippen LogP contribution is 2.23. The Labute approximate surface area is 165 Å². The Balaban J connectivity index is 1.80. The summed E-state index contributed by atoms with van der Waals surface area (Å²) < 4.78 is 51.8. The van der Waals surface area contributed by atoms with E-state index in [0.717, 1.165) is 26.5 Å². The molecule has 0 atom stereocenters. The van der Waals surface area contributed by atoms with Crippen LogP contribution in [0.25, 0.3) is 0 Å². The lowest BCUT2D eigenvalue weighted by Gasteiger charge is -2.26. The van der Waals surface area contributed by atoms with Crippen molar-refractivity contribution in [2.75, 3.05) is 26.3 Å². The normalized spacial score (nSPS) is 15.5. The molecule has 0 radical (unpaired) electrons. The van der Waals surface area contributed by atoms with Crippen LogP contribution in [0.2, 0.25) is 0 Å². The van der Waals surface area contributed by atoms with Gasteiger partial charge in [-0.1, -0.05) is 34.1 Å².